The van der Waals surface area contributed by atoms with Crippen molar-refractivity contribution in [1.82, 2.24) is 4.90 Å². The van der Waals surface area contributed by atoms with Crippen LogP contribution in [-0.2, 0) is 26.5 Å². The van der Waals surface area contributed by atoms with Crippen LogP contribution in [0.3, 0.4) is 0 Å². The van der Waals surface area contributed by atoms with Gasteiger partial charge in [-0.2, -0.15) is 0 Å². The lowest BCUT2D eigenvalue weighted by molar-refractivity contribution is -0.137. The van der Waals surface area contributed by atoms with Crippen molar-refractivity contribution in [2.45, 2.75) is 31.0 Å². The fourth-order valence-corrected chi connectivity index (χ4v) is 7.23. The molecule has 7 rings (SSSR count). The van der Waals surface area contributed by atoms with Crippen LogP contribution < -0.4 is 9.80 Å². The van der Waals surface area contributed by atoms with E-state index in [2.05, 4.69) is 4.90 Å². The Kier molecular flexibility index (Phi) is 4.69. The van der Waals surface area contributed by atoms with E-state index < -0.39 is 17.4 Å². The van der Waals surface area contributed by atoms with Crippen LogP contribution in [0.15, 0.2) is 78.9 Å². The minimum absolute atomic E-state index is 0.106. The smallest absolute Gasteiger partial charge is 0.253 e. The molecule has 0 aliphatic carbocycles. The van der Waals surface area contributed by atoms with Gasteiger partial charge in [0.1, 0.15) is 5.54 Å². The summed E-state index contributed by atoms with van der Waals surface area (Å²) in [5.74, 6) is -1.94. The zero-order valence-electron chi connectivity index (χ0n) is 19.5. The molecule has 0 saturated carbocycles. The number of imide groups is 1. The molecule has 36 heavy (non-hydrogen) atoms. The molecule has 4 aliphatic heterocycles. The molecule has 0 aromatic heterocycles. The maximum Gasteiger partial charge on any atom is 0.253 e. The van der Waals surface area contributed by atoms with Crippen molar-refractivity contribution in [2.24, 2.45) is 11.8 Å². The number of hydrogen-bond acceptors (Lipinski definition) is 4. The maximum atomic E-state index is 14.6. The van der Waals surface area contributed by atoms with Crippen molar-refractivity contribution in [3.05, 3.63) is 95.0 Å². The first kappa shape index (κ1) is 21.8. The van der Waals surface area contributed by atoms with Crippen LogP contribution in [0.25, 0.3) is 0 Å². The van der Waals surface area contributed by atoms with Crippen molar-refractivity contribution in [1.29, 1.82) is 0 Å². The van der Waals surface area contributed by atoms with Crippen molar-refractivity contribution in [3.8, 4) is 0 Å². The Hall–Kier alpha value is -3.48. The SMILES string of the molecule is O=C1C2C3CCCN3C3(C(=O)N(Cc4ccccc4)c4ccccc43)C2C(=O)N1c1ccc(Cl)cc1. The van der Waals surface area contributed by atoms with E-state index in [9.17, 15) is 14.4 Å². The highest BCUT2D eigenvalue weighted by atomic mass is 35.5. The second-order valence-electron chi connectivity index (χ2n) is 10.1. The van der Waals surface area contributed by atoms with Gasteiger partial charge in [0.15, 0.2) is 0 Å². The Morgan fingerprint density at radius 2 is 1.58 bits per heavy atom. The molecule has 3 amide bonds. The van der Waals surface area contributed by atoms with Gasteiger partial charge < -0.3 is 4.90 Å². The summed E-state index contributed by atoms with van der Waals surface area (Å²) in [7, 11) is 0. The highest BCUT2D eigenvalue weighted by molar-refractivity contribution is 6.31. The number of hydrogen-bond donors (Lipinski definition) is 0. The van der Waals surface area contributed by atoms with E-state index in [1.165, 1.54) is 4.90 Å². The van der Waals surface area contributed by atoms with E-state index in [0.29, 0.717) is 23.8 Å². The summed E-state index contributed by atoms with van der Waals surface area (Å²) in [6, 6.07) is 24.3. The first-order chi connectivity index (χ1) is 17.5. The number of nitrogens with zero attached hydrogens (tertiary/aromatic N) is 3. The predicted molar refractivity (Wildman–Crippen MR) is 136 cm³/mol. The number of halogens is 1. The molecule has 3 aromatic carbocycles. The molecule has 3 fully saturated rings. The maximum absolute atomic E-state index is 14.6. The van der Waals surface area contributed by atoms with E-state index in [4.69, 9.17) is 11.6 Å². The van der Waals surface area contributed by atoms with Crippen LogP contribution in [0.2, 0.25) is 5.02 Å². The Morgan fingerprint density at radius 1 is 0.861 bits per heavy atom. The number of anilines is 2. The molecule has 4 atom stereocenters. The third kappa shape index (κ3) is 2.69. The van der Waals surface area contributed by atoms with Gasteiger partial charge in [-0.3, -0.25) is 19.3 Å². The van der Waals surface area contributed by atoms with Crippen molar-refractivity contribution in [2.75, 3.05) is 16.3 Å². The molecule has 4 heterocycles. The fraction of sp³-hybridized carbons (Fsp3) is 0.276. The molecule has 0 N–H and O–H groups in total. The van der Waals surface area contributed by atoms with Gasteiger partial charge in [-0.05, 0) is 55.3 Å². The molecule has 3 saturated heterocycles. The third-order valence-corrected chi connectivity index (χ3v) is 8.66. The quantitative estimate of drug-likeness (QED) is 0.504. The Morgan fingerprint density at radius 3 is 2.36 bits per heavy atom. The van der Waals surface area contributed by atoms with Crippen LogP contribution in [0.5, 0.6) is 0 Å². The molecule has 0 radical (unpaired) electrons. The molecule has 6 nitrogen and oxygen atoms in total. The van der Waals surface area contributed by atoms with E-state index in [1.54, 1.807) is 24.3 Å². The van der Waals surface area contributed by atoms with Crippen LogP contribution in [0, 0.1) is 11.8 Å². The van der Waals surface area contributed by atoms with Gasteiger partial charge in [0.05, 0.1) is 24.1 Å². The fourth-order valence-electron chi connectivity index (χ4n) is 7.11. The first-order valence-corrected chi connectivity index (χ1v) is 12.8. The minimum atomic E-state index is -1.18. The largest absolute Gasteiger partial charge is 0.306 e. The summed E-state index contributed by atoms with van der Waals surface area (Å²) in [6.07, 6.45) is 1.69. The van der Waals surface area contributed by atoms with Crippen molar-refractivity contribution in [3.63, 3.8) is 0 Å². The summed E-state index contributed by atoms with van der Waals surface area (Å²) in [5, 5.41) is 0.535. The number of fused-ring (bicyclic) bond motifs is 7. The zero-order valence-corrected chi connectivity index (χ0v) is 20.3. The highest BCUT2D eigenvalue weighted by Crippen LogP contribution is 2.62. The lowest BCUT2D eigenvalue weighted by Crippen LogP contribution is -2.55. The van der Waals surface area contributed by atoms with Crippen LogP contribution in [-0.4, -0.2) is 35.2 Å². The molecule has 1 spiro atoms. The summed E-state index contributed by atoms with van der Waals surface area (Å²) in [5.41, 5.74) is 2.00. The molecule has 180 valence electrons. The van der Waals surface area contributed by atoms with Gasteiger partial charge in [-0.1, -0.05) is 60.1 Å². The predicted octanol–water partition coefficient (Wildman–Crippen LogP) is 4.37. The number of rotatable bonds is 3. The van der Waals surface area contributed by atoms with Crippen LogP contribution in [0.1, 0.15) is 24.0 Å². The standard InChI is InChI=1S/C29H24ClN3O3/c30-19-12-14-20(15-13-19)33-26(34)24-23-11-6-16-32(23)29(25(24)27(33)35)21-9-4-5-10-22(21)31(28(29)36)17-18-7-2-1-3-8-18/h1-5,7-10,12-15,23-25H,6,11,16-17H2. The Labute approximate surface area is 214 Å². The number of amides is 3. The van der Waals surface area contributed by atoms with Gasteiger partial charge >= 0.3 is 0 Å². The number of carbonyl (C=O) groups is 3. The molecule has 3 aromatic rings. The topological polar surface area (TPSA) is 60.9 Å². The third-order valence-electron chi connectivity index (χ3n) is 8.41. The average Bonchev–Trinajstić information content (AvgIpc) is 3.60. The second kappa shape index (κ2) is 7.76. The molecule has 7 heteroatoms. The Bertz CT molecular complexity index is 1410. The Balaban J connectivity index is 1.39. The van der Waals surface area contributed by atoms with E-state index in [1.807, 2.05) is 59.5 Å². The first-order valence-electron chi connectivity index (χ1n) is 12.4. The van der Waals surface area contributed by atoms with E-state index in [-0.39, 0.29) is 23.8 Å². The lowest BCUT2D eigenvalue weighted by atomic mass is 9.75. The van der Waals surface area contributed by atoms with E-state index in [0.717, 1.165) is 29.7 Å². The monoisotopic (exact) mass is 497 g/mol. The zero-order chi connectivity index (χ0) is 24.6. The minimum Gasteiger partial charge on any atom is -0.306 e. The number of para-hydroxylation sites is 1. The van der Waals surface area contributed by atoms with Gasteiger partial charge in [-0.25, -0.2) is 4.90 Å². The molecule has 4 aliphatic rings. The van der Waals surface area contributed by atoms with Gasteiger partial charge in [0, 0.05) is 22.3 Å². The van der Waals surface area contributed by atoms with Crippen molar-refractivity contribution < 1.29 is 14.4 Å². The second-order valence-corrected chi connectivity index (χ2v) is 10.5. The van der Waals surface area contributed by atoms with Crippen LogP contribution >= 0.6 is 11.6 Å². The molecular formula is C29H24ClN3O3. The van der Waals surface area contributed by atoms with Gasteiger partial charge in [-0.15, -0.1) is 0 Å². The molecule has 4 unspecified atom stereocenters. The molecular weight excluding hydrogens is 474 g/mol. The number of carbonyl (C=O) groups excluding carboxylic acids is 3. The average molecular weight is 498 g/mol. The van der Waals surface area contributed by atoms with Gasteiger partial charge in [0.2, 0.25) is 11.8 Å². The van der Waals surface area contributed by atoms with Crippen LogP contribution in [0.4, 0.5) is 11.4 Å². The lowest BCUT2D eigenvalue weighted by Gasteiger charge is -2.37. The molecule has 0 bridgehead atoms. The summed E-state index contributed by atoms with van der Waals surface area (Å²) in [4.78, 5) is 47.9. The number of benzene rings is 3. The normalized spacial score (nSPS) is 28.8. The van der Waals surface area contributed by atoms with Gasteiger partial charge in [0.25, 0.3) is 5.91 Å². The van der Waals surface area contributed by atoms with E-state index >= 15 is 0 Å². The summed E-state index contributed by atoms with van der Waals surface area (Å²) >= 11 is 6.07. The summed E-state index contributed by atoms with van der Waals surface area (Å²) in [6.45, 7) is 1.11. The van der Waals surface area contributed by atoms with Crippen molar-refractivity contribution >= 4 is 40.7 Å². The highest BCUT2D eigenvalue weighted by Gasteiger charge is 2.75. The summed E-state index contributed by atoms with van der Waals surface area (Å²) < 4.78 is 0.